The van der Waals surface area contributed by atoms with E-state index in [9.17, 15) is 4.79 Å². The Kier molecular flexibility index (Phi) is 4.79. The molecule has 3 nitrogen and oxygen atoms in total. The van der Waals surface area contributed by atoms with Crippen LogP contribution in [-0.2, 0) is 4.79 Å². The average molecular weight is 318 g/mol. The maximum Gasteiger partial charge on any atom is 0.233 e. The molecule has 1 unspecified atom stereocenters. The minimum absolute atomic E-state index is 0.204. The van der Waals surface area contributed by atoms with Gasteiger partial charge in [-0.1, -0.05) is 17.7 Å². The van der Waals surface area contributed by atoms with Crippen LogP contribution in [0.4, 0.5) is 0 Å². The highest BCUT2D eigenvalue weighted by Gasteiger charge is 2.34. The molecule has 0 N–H and O–H groups in total. The van der Waals surface area contributed by atoms with Gasteiger partial charge in [-0.05, 0) is 63.4 Å². The highest BCUT2D eigenvalue weighted by atomic mass is 32.2. The number of rotatable bonds is 4. The molecule has 2 heterocycles. The third-order valence-electron chi connectivity index (χ3n) is 4.81. The molecule has 1 atom stereocenters. The lowest BCUT2D eigenvalue weighted by Gasteiger charge is -2.28. The van der Waals surface area contributed by atoms with Crippen LogP contribution in [-0.4, -0.2) is 47.6 Å². The minimum atomic E-state index is 0.204. The number of nitrogens with zero attached hydrogens (tertiary/aromatic N) is 2. The molecule has 4 heteroatoms. The second kappa shape index (κ2) is 6.63. The van der Waals surface area contributed by atoms with Crippen molar-refractivity contribution in [3.8, 4) is 0 Å². The van der Waals surface area contributed by atoms with Crippen LogP contribution in [0.5, 0.6) is 0 Å². The number of carbonyl (C=O) groups is 1. The first-order valence-corrected chi connectivity index (χ1v) is 9.32. The van der Waals surface area contributed by atoms with Crippen molar-refractivity contribution in [3.63, 3.8) is 0 Å². The zero-order valence-electron chi connectivity index (χ0n) is 13.9. The van der Waals surface area contributed by atoms with E-state index in [2.05, 4.69) is 42.7 Å². The van der Waals surface area contributed by atoms with Crippen molar-refractivity contribution in [2.24, 2.45) is 0 Å². The van der Waals surface area contributed by atoms with Gasteiger partial charge in [0.1, 0.15) is 5.37 Å². The van der Waals surface area contributed by atoms with Gasteiger partial charge in [-0.2, -0.15) is 0 Å². The molecule has 0 bridgehead atoms. The maximum atomic E-state index is 12.3. The third kappa shape index (κ3) is 3.18. The fourth-order valence-corrected chi connectivity index (χ4v) is 5.18. The SMILES string of the molecule is Cc1cc(C)c(C2SCC(=O)N2CCN2CCCC2)c(C)c1. The van der Waals surface area contributed by atoms with Gasteiger partial charge in [-0.3, -0.25) is 4.79 Å². The van der Waals surface area contributed by atoms with Gasteiger partial charge in [0, 0.05) is 13.1 Å². The number of benzene rings is 1. The predicted molar refractivity (Wildman–Crippen MR) is 93.2 cm³/mol. The second-order valence-electron chi connectivity index (χ2n) is 6.61. The van der Waals surface area contributed by atoms with Crippen LogP contribution in [0.2, 0.25) is 0 Å². The van der Waals surface area contributed by atoms with E-state index in [0.29, 0.717) is 11.7 Å². The Balaban J connectivity index is 1.78. The largest absolute Gasteiger partial charge is 0.325 e. The van der Waals surface area contributed by atoms with Gasteiger partial charge in [0.2, 0.25) is 5.91 Å². The number of hydrogen-bond donors (Lipinski definition) is 0. The number of hydrogen-bond acceptors (Lipinski definition) is 3. The average Bonchev–Trinajstić information content (AvgIpc) is 3.06. The topological polar surface area (TPSA) is 23.6 Å². The maximum absolute atomic E-state index is 12.3. The zero-order chi connectivity index (χ0) is 15.7. The van der Waals surface area contributed by atoms with Gasteiger partial charge < -0.3 is 9.80 Å². The summed E-state index contributed by atoms with van der Waals surface area (Å²) in [7, 11) is 0. The Labute approximate surface area is 138 Å². The van der Waals surface area contributed by atoms with Crippen LogP contribution in [0, 0.1) is 20.8 Å². The van der Waals surface area contributed by atoms with Crippen LogP contribution in [0.15, 0.2) is 12.1 Å². The first kappa shape index (κ1) is 15.9. The molecule has 1 amide bonds. The lowest BCUT2D eigenvalue weighted by molar-refractivity contribution is -0.128. The van der Waals surface area contributed by atoms with Crippen LogP contribution >= 0.6 is 11.8 Å². The second-order valence-corrected chi connectivity index (χ2v) is 7.68. The molecular weight excluding hydrogens is 292 g/mol. The normalized spacial score (nSPS) is 22.8. The van der Waals surface area contributed by atoms with Crippen molar-refractivity contribution >= 4 is 17.7 Å². The Hall–Kier alpha value is -1.00. The molecule has 2 saturated heterocycles. The summed E-state index contributed by atoms with van der Waals surface area (Å²) >= 11 is 1.79. The van der Waals surface area contributed by atoms with Gasteiger partial charge in [0.15, 0.2) is 0 Å². The van der Waals surface area contributed by atoms with E-state index in [4.69, 9.17) is 0 Å². The smallest absolute Gasteiger partial charge is 0.233 e. The molecule has 2 aliphatic heterocycles. The number of likely N-dealkylation sites (tertiary alicyclic amines) is 1. The van der Waals surface area contributed by atoms with Crippen LogP contribution in [0.25, 0.3) is 0 Å². The highest BCUT2D eigenvalue weighted by molar-refractivity contribution is 8.00. The van der Waals surface area contributed by atoms with Crippen molar-refractivity contribution in [1.29, 1.82) is 0 Å². The van der Waals surface area contributed by atoms with Crippen molar-refractivity contribution < 1.29 is 4.79 Å². The first-order valence-electron chi connectivity index (χ1n) is 8.27. The summed E-state index contributed by atoms with van der Waals surface area (Å²) in [5, 5.41) is 0.204. The third-order valence-corrected chi connectivity index (χ3v) is 6.03. The van der Waals surface area contributed by atoms with E-state index in [0.717, 1.165) is 13.1 Å². The summed E-state index contributed by atoms with van der Waals surface area (Å²) in [6.45, 7) is 10.8. The van der Waals surface area contributed by atoms with Crippen LogP contribution in [0.3, 0.4) is 0 Å². The standard InChI is InChI=1S/C18H26N2OS/c1-13-10-14(2)17(15(3)11-13)18-20(16(21)12-22-18)9-8-19-6-4-5-7-19/h10-11,18H,4-9,12H2,1-3H3. The van der Waals surface area contributed by atoms with Gasteiger partial charge in [0.25, 0.3) is 0 Å². The number of amides is 1. The fourth-order valence-electron chi connectivity index (χ4n) is 3.77. The van der Waals surface area contributed by atoms with Crippen molar-refractivity contribution in [2.45, 2.75) is 39.0 Å². The van der Waals surface area contributed by atoms with E-state index >= 15 is 0 Å². The molecule has 1 aromatic rings. The minimum Gasteiger partial charge on any atom is -0.325 e. The molecule has 1 aromatic carbocycles. The molecule has 0 saturated carbocycles. The van der Waals surface area contributed by atoms with E-state index in [1.165, 1.54) is 48.2 Å². The Morgan fingerprint density at radius 1 is 1.09 bits per heavy atom. The van der Waals surface area contributed by atoms with Crippen LogP contribution in [0.1, 0.15) is 40.5 Å². The molecule has 0 spiro atoms. The Morgan fingerprint density at radius 3 is 2.36 bits per heavy atom. The zero-order valence-corrected chi connectivity index (χ0v) is 14.7. The predicted octanol–water partition coefficient (Wildman–Crippen LogP) is 3.28. The summed E-state index contributed by atoms with van der Waals surface area (Å²) in [6.07, 6.45) is 2.62. The van der Waals surface area contributed by atoms with Crippen LogP contribution < -0.4 is 0 Å². The summed E-state index contributed by atoms with van der Waals surface area (Å²) < 4.78 is 0. The molecule has 0 aromatic heterocycles. The van der Waals surface area contributed by atoms with E-state index < -0.39 is 0 Å². The summed E-state index contributed by atoms with van der Waals surface area (Å²) in [6, 6.07) is 4.48. The molecule has 0 radical (unpaired) electrons. The molecule has 0 aliphatic carbocycles. The number of carbonyl (C=O) groups excluding carboxylic acids is 1. The lowest BCUT2D eigenvalue weighted by Crippen LogP contribution is -2.36. The van der Waals surface area contributed by atoms with E-state index in [1.807, 2.05) is 0 Å². The van der Waals surface area contributed by atoms with Gasteiger partial charge >= 0.3 is 0 Å². The molecule has 3 rings (SSSR count). The molecule has 22 heavy (non-hydrogen) atoms. The van der Waals surface area contributed by atoms with Gasteiger partial charge in [-0.25, -0.2) is 0 Å². The van der Waals surface area contributed by atoms with Gasteiger partial charge in [-0.15, -0.1) is 11.8 Å². The lowest BCUT2D eigenvalue weighted by atomic mass is 9.99. The highest BCUT2D eigenvalue weighted by Crippen LogP contribution is 2.41. The first-order chi connectivity index (χ1) is 10.6. The quantitative estimate of drug-likeness (QED) is 0.851. The molecule has 2 aliphatic rings. The molecular formula is C18H26N2OS. The van der Waals surface area contributed by atoms with Crippen molar-refractivity contribution in [3.05, 3.63) is 34.4 Å². The summed E-state index contributed by atoms with van der Waals surface area (Å²) in [4.78, 5) is 16.9. The summed E-state index contributed by atoms with van der Waals surface area (Å²) in [5.74, 6) is 0.922. The Morgan fingerprint density at radius 2 is 1.73 bits per heavy atom. The Bertz CT molecular complexity index is 543. The van der Waals surface area contributed by atoms with Crippen molar-refractivity contribution in [1.82, 2.24) is 9.80 Å². The van der Waals surface area contributed by atoms with Gasteiger partial charge in [0.05, 0.1) is 5.75 Å². The molecule has 120 valence electrons. The number of thioether (sulfide) groups is 1. The fraction of sp³-hybridized carbons (Fsp3) is 0.611. The monoisotopic (exact) mass is 318 g/mol. The molecule has 2 fully saturated rings. The summed E-state index contributed by atoms with van der Waals surface area (Å²) in [5.41, 5.74) is 5.28. The van der Waals surface area contributed by atoms with E-state index in [-0.39, 0.29) is 5.37 Å². The van der Waals surface area contributed by atoms with E-state index in [1.54, 1.807) is 11.8 Å². The van der Waals surface area contributed by atoms with Crippen molar-refractivity contribution in [2.75, 3.05) is 31.9 Å². The number of aryl methyl sites for hydroxylation is 3.